The average Bonchev–Trinajstić information content (AvgIpc) is 2.75. The summed E-state index contributed by atoms with van der Waals surface area (Å²) in [5.41, 5.74) is 2.22. The lowest BCUT2D eigenvalue weighted by Crippen LogP contribution is -1.97. The van der Waals surface area contributed by atoms with Crippen LogP contribution in [0.4, 0.5) is 0 Å². The van der Waals surface area contributed by atoms with Gasteiger partial charge >= 0.3 is 0 Å². The van der Waals surface area contributed by atoms with Gasteiger partial charge in [-0.25, -0.2) is 4.98 Å². The molecule has 2 aromatic heterocycles. The molecule has 0 amide bonds. The van der Waals surface area contributed by atoms with Crippen LogP contribution < -0.4 is 0 Å². The van der Waals surface area contributed by atoms with Crippen molar-refractivity contribution in [3.63, 3.8) is 0 Å². The van der Waals surface area contributed by atoms with Crippen LogP contribution in [0.1, 0.15) is 12.7 Å². The topological polar surface area (TPSA) is 43.1 Å². The maximum absolute atomic E-state index is 6.08. The molecule has 0 radical (unpaired) electrons. The third-order valence-electron chi connectivity index (χ3n) is 2.63. The average molecular weight is 267 g/mol. The molecule has 2 heterocycles. The van der Waals surface area contributed by atoms with Crippen LogP contribution in [0.5, 0.6) is 0 Å². The SMILES string of the molecule is CCc1nnc2c(Cl)nc3ccc(Cl)cc3n12. The zero-order valence-corrected chi connectivity index (χ0v) is 10.5. The molecule has 0 saturated heterocycles. The lowest BCUT2D eigenvalue weighted by Gasteiger charge is -2.04. The molecule has 1 aromatic carbocycles. The Kier molecular flexibility index (Phi) is 2.42. The van der Waals surface area contributed by atoms with Crippen LogP contribution in [-0.4, -0.2) is 19.6 Å². The van der Waals surface area contributed by atoms with Crippen molar-refractivity contribution in [3.8, 4) is 0 Å². The zero-order chi connectivity index (χ0) is 12.0. The molecule has 0 aliphatic heterocycles. The standard InChI is InChI=1S/C11H8Cl2N4/c1-2-9-15-16-11-10(13)14-7-4-3-6(12)5-8(7)17(9)11/h3-5H,2H2,1H3. The highest BCUT2D eigenvalue weighted by Crippen LogP contribution is 2.24. The maximum atomic E-state index is 6.08. The maximum Gasteiger partial charge on any atom is 0.199 e. The summed E-state index contributed by atoms with van der Waals surface area (Å²) in [6.45, 7) is 2.02. The van der Waals surface area contributed by atoms with E-state index < -0.39 is 0 Å². The number of benzene rings is 1. The first kappa shape index (κ1) is 10.7. The minimum absolute atomic E-state index is 0.354. The Labute approximate surface area is 107 Å². The van der Waals surface area contributed by atoms with Gasteiger partial charge in [-0.3, -0.25) is 4.40 Å². The molecule has 17 heavy (non-hydrogen) atoms. The summed E-state index contributed by atoms with van der Waals surface area (Å²) in [6, 6.07) is 5.47. The lowest BCUT2D eigenvalue weighted by molar-refractivity contribution is 0.921. The van der Waals surface area contributed by atoms with E-state index in [9.17, 15) is 0 Å². The summed E-state index contributed by atoms with van der Waals surface area (Å²) in [6.07, 6.45) is 0.767. The molecule has 0 atom stereocenters. The lowest BCUT2D eigenvalue weighted by atomic mass is 10.3. The predicted octanol–water partition coefficient (Wildman–Crippen LogP) is 3.15. The van der Waals surface area contributed by atoms with Gasteiger partial charge in [0.2, 0.25) is 0 Å². The number of halogens is 2. The van der Waals surface area contributed by atoms with Crippen molar-refractivity contribution in [2.24, 2.45) is 0 Å². The summed E-state index contributed by atoms with van der Waals surface area (Å²) in [7, 11) is 0. The Morgan fingerprint density at radius 2 is 2.06 bits per heavy atom. The van der Waals surface area contributed by atoms with Gasteiger partial charge in [-0.1, -0.05) is 30.1 Å². The van der Waals surface area contributed by atoms with Crippen LogP contribution in [-0.2, 0) is 6.42 Å². The molecule has 0 fully saturated rings. The van der Waals surface area contributed by atoms with E-state index in [0.717, 1.165) is 23.3 Å². The first-order valence-corrected chi connectivity index (χ1v) is 5.95. The summed E-state index contributed by atoms with van der Waals surface area (Å²) in [4.78, 5) is 4.28. The number of aryl methyl sites for hydroxylation is 1. The molecule has 0 unspecified atom stereocenters. The van der Waals surface area contributed by atoms with Crippen molar-refractivity contribution in [2.75, 3.05) is 0 Å². The Morgan fingerprint density at radius 1 is 1.24 bits per heavy atom. The molecule has 0 bridgehead atoms. The van der Waals surface area contributed by atoms with Gasteiger partial charge in [0.1, 0.15) is 5.82 Å². The van der Waals surface area contributed by atoms with E-state index in [-0.39, 0.29) is 0 Å². The predicted molar refractivity (Wildman–Crippen MR) is 67.7 cm³/mol. The molecular weight excluding hydrogens is 259 g/mol. The van der Waals surface area contributed by atoms with Gasteiger partial charge in [0.05, 0.1) is 11.0 Å². The van der Waals surface area contributed by atoms with Gasteiger partial charge in [0.25, 0.3) is 0 Å². The molecule has 4 nitrogen and oxygen atoms in total. The highest BCUT2D eigenvalue weighted by atomic mass is 35.5. The molecular formula is C11H8Cl2N4. The number of aromatic nitrogens is 4. The number of rotatable bonds is 1. The molecule has 6 heteroatoms. The largest absolute Gasteiger partial charge is 0.275 e. The second-order valence-corrected chi connectivity index (χ2v) is 4.46. The van der Waals surface area contributed by atoms with E-state index in [0.29, 0.717) is 15.8 Å². The van der Waals surface area contributed by atoms with E-state index in [1.54, 1.807) is 6.07 Å². The molecule has 0 N–H and O–H groups in total. The summed E-state index contributed by atoms with van der Waals surface area (Å²) >= 11 is 12.1. The molecule has 0 spiro atoms. The second-order valence-electron chi connectivity index (χ2n) is 3.66. The van der Waals surface area contributed by atoms with E-state index >= 15 is 0 Å². The fourth-order valence-electron chi connectivity index (χ4n) is 1.86. The monoisotopic (exact) mass is 266 g/mol. The van der Waals surface area contributed by atoms with Gasteiger partial charge in [-0.15, -0.1) is 10.2 Å². The fourth-order valence-corrected chi connectivity index (χ4v) is 2.24. The van der Waals surface area contributed by atoms with Crippen molar-refractivity contribution in [1.82, 2.24) is 19.6 Å². The first-order chi connectivity index (χ1) is 8.20. The van der Waals surface area contributed by atoms with Crippen LogP contribution in [0.2, 0.25) is 10.2 Å². The number of fused-ring (bicyclic) bond motifs is 3. The van der Waals surface area contributed by atoms with E-state index in [1.807, 2.05) is 23.5 Å². The fraction of sp³-hybridized carbons (Fsp3) is 0.182. The Balaban J connectivity index is 2.58. The van der Waals surface area contributed by atoms with Gasteiger partial charge in [0.15, 0.2) is 10.8 Å². The van der Waals surface area contributed by atoms with E-state index in [4.69, 9.17) is 23.2 Å². The van der Waals surface area contributed by atoms with Crippen molar-refractivity contribution < 1.29 is 0 Å². The smallest absolute Gasteiger partial charge is 0.199 e. The highest BCUT2D eigenvalue weighted by Gasteiger charge is 2.12. The minimum Gasteiger partial charge on any atom is -0.275 e. The number of nitrogens with zero attached hydrogens (tertiary/aromatic N) is 4. The molecule has 0 aliphatic carbocycles. The van der Waals surface area contributed by atoms with Crippen LogP contribution in [0.3, 0.4) is 0 Å². The Morgan fingerprint density at radius 3 is 2.82 bits per heavy atom. The third-order valence-corrected chi connectivity index (χ3v) is 3.12. The zero-order valence-electron chi connectivity index (χ0n) is 8.98. The molecule has 3 rings (SSSR count). The summed E-state index contributed by atoms with van der Waals surface area (Å²) in [5, 5.41) is 9.15. The summed E-state index contributed by atoms with van der Waals surface area (Å²) < 4.78 is 1.90. The number of hydrogen-bond acceptors (Lipinski definition) is 3. The Hall–Kier alpha value is -1.39. The number of hydrogen-bond donors (Lipinski definition) is 0. The van der Waals surface area contributed by atoms with Gasteiger partial charge < -0.3 is 0 Å². The van der Waals surface area contributed by atoms with Crippen molar-refractivity contribution in [3.05, 3.63) is 34.2 Å². The molecule has 0 aliphatic rings. The van der Waals surface area contributed by atoms with Gasteiger partial charge in [0, 0.05) is 11.4 Å². The highest BCUT2D eigenvalue weighted by molar-refractivity contribution is 6.33. The van der Waals surface area contributed by atoms with E-state index in [2.05, 4.69) is 15.2 Å². The molecule has 3 aromatic rings. The van der Waals surface area contributed by atoms with Crippen molar-refractivity contribution in [1.29, 1.82) is 0 Å². The van der Waals surface area contributed by atoms with Crippen molar-refractivity contribution >= 4 is 39.9 Å². The van der Waals surface area contributed by atoms with Gasteiger partial charge in [-0.05, 0) is 18.2 Å². The van der Waals surface area contributed by atoms with Gasteiger partial charge in [-0.2, -0.15) is 0 Å². The van der Waals surface area contributed by atoms with Crippen molar-refractivity contribution in [2.45, 2.75) is 13.3 Å². The molecule has 0 saturated carbocycles. The van der Waals surface area contributed by atoms with Crippen LogP contribution >= 0.6 is 23.2 Å². The third kappa shape index (κ3) is 1.56. The quantitative estimate of drug-likeness (QED) is 0.680. The van der Waals surface area contributed by atoms with Crippen LogP contribution in [0.15, 0.2) is 18.2 Å². The minimum atomic E-state index is 0.354. The van der Waals surface area contributed by atoms with Crippen LogP contribution in [0, 0.1) is 0 Å². The first-order valence-electron chi connectivity index (χ1n) is 5.19. The normalized spacial score (nSPS) is 11.5. The summed E-state index contributed by atoms with van der Waals surface area (Å²) in [5.74, 6) is 0.844. The second kappa shape index (κ2) is 3.82. The van der Waals surface area contributed by atoms with Crippen LogP contribution in [0.25, 0.3) is 16.7 Å². The Bertz CT molecular complexity index is 720. The molecule has 86 valence electrons. The van der Waals surface area contributed by atoms with E-state index in [1.165, 1.54) is 0 Å².